The lowest BCUT2D eigenvalue weighted by Crippen LogP contribution is -2.35. The number of pyridine rings is 1. The van der Waals surface area contributed by atoms with Crippen molar-refractivity contribution in [2.24, 2.45) is 0 Å². The van der Waals surface area contributed by atoms with Crippen molar-refractivity contribution in [1.82, 2.24) is 9.88 Å². The van der Waals surface area contributed by atoms with Crippen LogP contribution in [0.1, 0.15) is 24.1 Å². The molecule has 0 saturated heterocycles. The third-order valence-electron chi connectivity index (χ3n) is 3.39. The smallest absolute Gasteiger partial charge is 0.348 e. The maximum atomic E-state index is 12.7. The van der Waals surface area contributed by atoms with Crippen molar-refractivity contribution in [1.29, 1.82) is 0 Å². The standard InChI is InChI=1S/C16H14ClF3N2O2/c1-10(11-5-2-3-7-13(11)17)21-14(23)9-22-8-4-6-12(15(22)24)16(18,19)20/h2-8,10H,9H2,1H3,(H,21,23). The zero-order chi connectivity index (χ0) is 17.9. The molecule has 1 atom stereocenters. The lowest BCUT2D eigenvalue weighted by Gasteiger charge is -2.16. The van der Waals surface area contributed by atoms with E-state index in [0.717, 1.165) is 16.8 Å². The van der Waals surface area contributed by atoms with Crippen LogP contribution < -0.4 is 10.9 Å². The summed E-state index contributed by atoms with van der Waals surface area (Å²) in [5.41, 5.74) is -1.90. The molecule has 1 unspecified atom stereocenters. The number of halogens is 4. The number of nitrogens with one attached hydrogen (secondary N) is 1. The highest BCUT2D eigenvalue weighted by Crippen LogP contribution is 2.26. The van der Waals surface area contributed by atoms with Crippen LogP contribution in [0, 0.1) is 0 Å². The van der Waals surface area contributed by atoms with Gasteiger partial charge < -0.3 is 9.88 Å². The van der Waals surface area contributed by atoms with Crippen LogP contribution in [0.25, 0.3) is 0 Å². The Hall–Kier alpha value is -2.28. The third kappa shape index (κ3) is 4.17. The van der Waals surface area contributed by atoms with E-state index in [9.17, 15) is 22.8 Å². The molecule has 0 aliphatic rings. The van der Waals surface area contributed by atoms with Crippen molar-refractivity contribution in [3.05, 3.63) is 69.1 Å². The topological polar surface area (TPSA) is 51.1 Å². The molecular weight excluding hydrogens is 345 g/mol. The Labute approximate surface area is 140 Å². The fourth-order valence-corrected chi connectivity index (χ4v) is 2.52. The SMILES string of the molecule is CC(NC(=O)Cn1cccc(C(F)(F)F)c1=O)c1ccccc1Cl. The number of benzene rings is 1. The van der Waals surface area contributed by atoms with E-state index in [-0.39, 0.29) is 0 Å². The molecule has 1 heterocycles. The van der Waals surface area contributed by atoms with Crippen molar-refractivity contribution >= 4 is 17.5 Å². The molecule has 1 aromatic carbocycles. The molecule has 1 amide bonds. The Morgan fingerprint density at radius 1 is 1.25 bits per heavy atom. The first-order chi connectivity index (χ1) is 11.2. The van der Waals surface area contributed by atoms with E-state index in [1.807, 2.05) is 0 Å². The van der Waals surface area contributed by atoms with Crippen molar-refractivity contribution in [2.75, 3.05) is 0 Å². The van der Waals surface area contributed by atoms with Gasteiger partial charge >= 0.3 is 6.18 Å². The molecule has 2 aromatic rings. The summed E-state index contributed by atoms with van der Waals surface area (Å²) in [6.45, 7) is 1.17. The first-order valence-corrected chi connectivity index (χ1v) is 7.38. The third-order valence-corrected chi connectivity index (χ3v) is 3.73. The van der Waals surface area contributed by atoms with Crippen molar-refractivity contribution < 1.29 is 18.0 Å². The van der Waals surface area contributed by atoms with Gasteiger partial charge in [0.25, 0.3) is 5.56 Å². The lowest BCUT2D eigenvalue weighted by atomic mass is 10.1. The number of carbonyl (C=O) groups is 1. The molecule has 0 fully saturated rings. The second-order valence-electron chi connectivity index (χ2n) is 5.16. The average molecular weight is 359 g/mol. The van der Waals surface area contributed by atoms with Crippen molar-refractivity contribution in [3.63, 3.8) is 0 Å². The molecule has 0 spiro atoms. The first kappa shape index (κ1) is 18.1. The average Bonchev–Trinajstić information content (AvgIpc) is 2.48. The van der Waals surface area contributed by atoms with Crippen LogP contribution in [-0.4, -0.2) is 10.5 Å². The molecule has 1 N–H and O–H groups in total. The van der Waals surface area contributed by atoms with Crippen molar-refractivity contribution in [2.45, 2.75) is 25.7 Å². The highest BCUT2D eigenvalue weighted by Gasteiger charge is 2.34. The van der Waals surface area contributed by atoms with Crippen molar-refractivity contribution in [3.8, 4) is 0 Å². The summed E-state index contributed by atoms with van der Waals surface area (Å²) in [7, 11) is 0. The zero-order valence-corrected chi connectivity index (χ0v) is 13.4. The summed E-state index contributed by atoms with van der Waals surface area (Å²) in [6.07, 6.45) is -3.63. The molecule has 0 aliphatic carbocycles. The second-order valence-corrected chi connectivity index (χ2v) is 5.57. The van der Waals surface area contributed by atoms with Crippen LogP contribution in [0.2, 0.25) is 5.02 Å². The molecule has 24 heavy (non-hydrogen) atoms. The normalized spacial score (nSPS) is 12.7. The monoisotopic (exact) mass is 358 g/mol. The number of hydrogen-bond acceptors (Lipinski definition) is 2. The summed E-state index contributed by atoms with van der Waals surface area (Å²) >= 11 is 6.03. The molecule has 1 aromatic heterocycles. The van der Waals surface area contributed by atoms with Gasteiger partial charge in [-0.15, -0.1) is 0 Å². The molecule has 128 valence electrons. The highest BCUT2D eigenvalue weighted by molar-refractivity contribution is 6.31. The van der Waals surface area contributed by atoms with Crippen LogP contribution in [0.5, 0.6) is 0 Å². The Morgan fingerprint density at radius 3 is 2.54 bits per heavy atom. The molecule has 2 rings (SSSR count). The number of amides is 1. The van der Waals surface area contributed by atoms with Gasteiger partial charge in [-0.2, -0.15) is 13.2 Å². The van der Waals surface area contributed by atoms with E-state index in [1.54, 1.807) is 31.2 Å². The fourth-order valence-electron chi connectivity index (χ4n) is 2.22. The summed E-state index contributed by atoms with van der Waals surface area (Å²) in [4.78, 5) is 23.8. The van der Waals surface area contributed by atoms with Gasteiger partial charge in [0.1, 0.15) is 12.1 Å². The van der Waals surface area contributed by atoms with E-state index in [0.29, 0.717) is 16.7 Å². The van der Waals surface area contributed by atoms with E-state index in [1.165, 1.54) is 0 Å². The number of nitrogens with zero attached hydrogens (tertiary/aromatic N) is 1. The summed E-state index contributed by atoms with van der Waals surface area (Å²) in [5.74, 6) is -0.594. The Kier molecular flexibility index (Phi) is 5.33. The van der Waals surface area contributed by atoms with Gasteiger partial charge in [-0.1, -0.05) is 29.8 Å². The van der Waals surface area contributed by atoms with E-state index in [2.05, 4.69) is 5.32 Å². The predicted octanol–water partition coefficient (Wildman–Crippen LogP) is 3.40. The summed E-state index contributed by atoms with van der Waals surface area (Å²) < 4.78 is 38.9. The number of rotatable bonds is 4. The Bertz CT molecular complexity index is 802. The highest BCUT2D eigenvalue weighted by atomic mass is 35.5. The molecule has 0 aliphatic heterocycles. The van der Waals surface area contributed by atoms with Gasteiger partial charge in [-0.25, -0.2) is 0 Å². The number of aromatic nitrogens is 1. The first-order valence-electron chi connectivity index (χ1n) is 7.00. The van der Waals surface area contributed by atoms with Gasteiger partial charge in [0.15, 0.2) is 0 Å². The maximum Gasteiger partial charge on any atom is 0.421 e. The van der Waals surface area contributed by atoms with Crippen LogP contribution in [-0.2, 0) is 17.5 Å². The quantitative estimate of drug-likeness (QED) is 0.910. The molecule has 0 bridgehead atoms. The van der Waals surface area contributed by atoms with E-state index in [4.69, 9.17) is 11.6 Å². The molecular formula is C16H14ClF3N2O2. The van der Waals surface area contributed by atoms with Gasteiger partial charge in [0, 0.05) is 11.2 Å². The number of carbonyl (C=O) groups excluding carboxylic acids is 1. The van der Waals surface area contributed by atoms with E-state index >= 15 is 0 Å². The van der Waals surface area contributed by atoms with Crippen LogP contribution in [0.3, 0.4) is 0 Å². The van der Waals surface area contributed by atoms with Crippen LogP contribution in [0.15, 0.2) is 47.4 Å². The maximum absolute atomic E-state index is 12.7. The van der Waals surface area contributed by atoms with E-state index < -0.39 is 35.8 Å². The Balaban J connectivity index is 2.14. The Morgan fingerprint density at radius 2 is 1.92 bits per heavy atom. The largest absolute Gasteiger partial charge is 0.421 e. The number of hydrogen-bond donors (Lipinski definition) is 1. The number of alkyl halides is 3. The van der Waals surface area contributed by atoms with Gasteiger partial charge in [-0.05, 0) is 30.7 Å². The lowest BCUT2D eigenvalue weighted by molar-refractivity contribution is -0.139. The van der Waals surface area contributed by atoms with Gasteiger partial charge in [0.05, 0.1) is 6.04 Å². The minimum Gasteiger partial charge on any atom is -0.348 e. The minimum atomic E-state index is -4.76. The van der Waals surface area contributed by atoms with Crippen LogP contribution >= 0.6 is 11.6 Å². The minimum absolute atomic E-state index is 0.451. The molecule has 8 heteroatoms. The molecule has 0 radical (unpaired) electrons. The summed E-state index contributed by atoms with van der Waals surface area (Å²) in [6, 6.07) is 8.19. The van der Waals surface area contributed by atoms with Gasteiger partial charge in [-0.3, -0.25) is 9.59 Å². The predicted molar refractivity (Wildman–Crippen MR) is 83.7 cm³/mol. The molecule has 0 saturated carbocycles. The fraction of sp³-hybridized carbons (Fsp3) is 0.250. The zero-order valence-electron chi connectivity index (χ0n) is 12.6. The second kappa shape index (κ2) is 7.09. The molecule has 4 nitrogen and oxygen atoms in total. The van der Waals surface area contributed by atoms with Gasteiger partial charge in [0.2, 0.25) is 5.91 Å². The summed E-state index contributed by atoms with van der Waals surface area (Å²) in [5, 5.41) is 3.07. The van der Waals surface area contributed by atoms with Crippen LogP contribution in [0.4, 0.5) is 13.2 Å².